The molecule has 4 aliphatic rings. The third-order valence-electron chi connectivity index (χ3n) is 11.3. The van der Waals surface area contributed by atoms with Gasteiger partial charge in [0.2, 0.25) is 0 Å². The van der Waals surface area contributed by atoms with Crippen molar-refractivity contribution in [1.82, 2.24) is 0 Å². The topological polar surface area (TPSA) is 20.2 Å². The Morgan fingerprint density at radius 2 is 1.77 bits per heavy atom. The van der Waals surface area contributed by atoms with Gasteiger partial charge in [0.05, 0.1) is 6.10 Å². The zero-order valence-corrected chi connectivity index (χ0v) is 20.9. The molecule has 172 valence electrons. The molecule has 0 heterocycles. The van der Waals surface area contributed by atoms with Crippen LogP contribution >= 0.6 is 0 Å². The van der Waals surface area contributed by atoms with Gasteiger partial charge < -0.3 is 5.11 Å². The van der Waals surface area contributed by atoms with Crippen LogP contribution in [-0.2, 0) is 0 Å². The van der Waals surface area contributed by atoms with Crippen LogP contribution in [0, 0.1) is 52.3 Å². The second-order valence-corrected chi connectivity index (χ2v) is 12.9. The minimum absolute atomic E-state index is 0.0794. The van der Waals surface area contributed by atoms with Crippen LogP contribution in [0.5, 0.6) is 0 Å². The Balaban J connectivity index is 1.47. The fourth-order valence-electron chi connectivity index (χ4n) is 9.30. The summed E-state index contributed by atoms with van der Waals surface area (Å²) in [5.74, 6) is 6.31. The van der Waals surface area contributed by atoms with Gasteiger partial charge in [0.1, 0.15) is 0 Å². The van der Waals surface area contributed by atoms with Crippen LogP contribution < -0.4 is 0 Å². The summed E-state index contributed by atoms with van der Waals surface area (Å²) in [5, 5.41) is 10.2. The summed E-state index contributed by atoms with van der Waals surface area (Å²) in [6.45, 7) is 15.1. The molecule has 1 N–H and O–H groups in total. The van der Waals surface area contributed by atoms with Crippen LogP contribution in [0.1, 0.15) is 112 Å². The van der Waals surface area contributed by atoms with Crippen LogP contribution in [0.25, 0.3) is 0 Å². The number of hydrogen-bond acceptors (Lipinski definition) is 1. The molecule has 0 aromatic rings. The van der Waals surface area contributed by atoms with Gasteiger partial charge in [-0.05, 0) is 110 Å². The van der Waals surface area contributed by atoms with E-state index in [1.54, 1.807) is 5.57 Å². The first-order valence-electron chi connectivity index (χ1n) is 13.6. The van der Waals surface area contributed by atoms with Crippen molar-refractivity contribution in [3.63, 3.8) is 0 Å². The molecule has 0 saturated heterocycles. The number of aliphatic hydroxyl groups excluding tert-OH is 1. The Labute approximate surface area is 187 Å². The lowest BCUT2D eigenvalue weighted by Gasteiger charge is -2.58. The number of hydrogen-bond donors (Lipinski definition) is 1. The number of allylic oxidation sites excluding steroid dienone is 1. The van der Waals surface area contributed by atoms with Crippen molar-refractivity contribution < 1.29 is 5.11 Å². The van der Waals surface area contributed by atoms with E-state index in [4.69, 9.17) is 0 Å². The second kappa shape index (κ2) is 8.57. The third-order valence-corrected chi connectivity index (χ3v) is 11.3. The van der Waals surface area contributed by atoms with Gasteiger partial charge in [-0.2, -0.15) is 0 Å². The second-order valence-electron chi connectivity index (χ2n) is 12.9. The molecule has 0 aromatic heterocycles. The fraction of sp³-hybridized carbons (Fsp3) is 0.931. The standard InChI is InChI=1S/C29H50O/c1-7-21(19(2)3)9-8-20(4)25-12-13-26-24-11-10-22-18-23(30)14-16-28(22,5)27(24)15-17-29(25,26)6/h10,19-21,23-27,30H,7-9,11-18H2,1-6H3/t20-,21-,23-,24+,25-,26+,27+,28-,29+/m0/s1. The zero-order chi connectivity index (χ0) is 21.7. The summed E-state index contributed by atoms with van der Waals surface area (Å²) in [6.07, 6.45) is 17.1. The van der Waals surface area contributed by atoms with Crippen molar-refractivity contribution in [2.45, 2.75) is 118 Å². The molecule has 0 aromatic carbocycles. The largest absolute Gasteiger partial charge is 0.393 e. The van der Waals surface area contributed by atoms with Crippen LogP contribution in [0.15, 0.2) is 11.6 Å². The molecule has 30 heavy (non-hydrogen) atoms. The molecular weight excluding hydrogens is 364 g/mol. The van der Waals surface area contributed by atoms with Gasteiger partial charge in [0, 0.05) is 0 Å². The highest BCUT2D eigenvalue weighted by Gasteiger charge is 2.59. The van der Waals surface area contributed by atoms with Crippen molar-refractivity contribution in [2.24, 2.45) is 52.3 Å². The smallest absolute Gasteiger partial charge is 0.0577 e. The van der Waals surface area contributed by atoms with Crippen molar-refractivity contribution in [3.8, 4) is 0 Å². The highest BCUT2D eigenvalue weighted by Crippen LogP contribution is 2.67. The minimum Gasteiger partial charge on any atom is -0.393 e. The fourth-order valence-corrected chi connectivity index (χ4v) is 9.30. The van der Waals surface area contributed by atoms with E-state index in [1.165, 1.54) is 57.8 Å². The molecule has 4 aliphatic carbocycles. The zero-order valence-electron chi connectivity index (χ0n) is 20.9. The van der Waals surface area contributed by atoms with Gasteiger partial charge in [-0.1, -0.05) is 66.0 Å². The quantitative estimate of drug-likeness (QED) is 0.436. The lowest BCUT2D eigenvalue weighted by molar-refractivity contribution is -0.0575. The molecule has 9 atom stereocenters. The van der Waals surface area contributed by atoms with Gasteiger partial charge in [-0.3, -0.25) is 0 Å². The summed E-state index contributed by atoms with van der Waals surface area (Å²) in [7, 11) is 0. The monoisotopic (exact) mass is 414 g/mol. The molecule has 0 aliphatic heterocycles. The summed E-state index contributed by atoms with van der Waals surface area (Å²) >= 11 is 0. The van der Waals surface area contributed by atoms with Gasteiger partial charge in [-0.25, -0.2) is 0 Å². The van der Waals surface area contributed by atoms with E-state index >= 15 is 0 Å². The summed E-state index contributed by atoms with van der Waals surface area (Å²) in [4.78, 5) is 0. The summed E-state index contributed by atoms with van der Waals surface area (Å²) in [6, 6.07) is 0. The summed E-state index contributed by atoms with van der Waals surface area (Å²) < 4.78 is 0. The Bertz CT molecular complexity index is 634. The van der Waals surface area contributed by atoms with E-state index in [9.17, 15) is 5.11 Å². The van der Waals surface area contributed by atoms with Gasteiger partial charge in [0.15, 0.2) is 0 Å². The van der Waals surface area contributed by atoms with Crippen molar-refractivity contribution in [2.75, 3.05) is 0 Å². The predicted molar refractivity (Wildman–Crippen MR) is 128 cm³/mol. The maximum atomic E-state index is 10.2. The average Bonchev–Trinajstić information content (AvgIpc) is 3.06. The molecule has 1 nitrogen and oxygen atoms in total. The van der Waals surface area contributed by atoms with Gasteiger partial charge in [0.25, 0.3) is 0 Å². The van der Waals surface area contributed by atoms with Crippen molar-refractivity contribution >= 4 is 0 Å². The Kier molecular flexibility index (Phi) is 6.53. The number of aliphatic hydroxyl groups is 1. The highest BCUT2D eigenvalue weighted by atomic mass is 16.3. The molecule has 0 spiro atoms. The molecule has 3 fully saturated rings. The minimum atomic E-state index is -0.0794. The molecular formula is C29H50O. The first-order valence-corrected chi connectivity index (χ1v) is 13.6. The van der Waals surface area contributed by atoms with Crippen molar-refractivity contribution in [3.05, 3.63) is 11.6 Å². The van der Waals surface area contributed by atoms with Crippen LogP contribution in [0.2, 0.25) is 0 Å². The van der Waals surface area contributed by atoms with E-state index in [0.29, 0.717) is 10.8 Å². The molecule has 0 radical (unpaired) electrons. The van der Waals surface area contributed by atoms with Crippen LogP contribution in [-0.4, -0.2) is 11.2 Å². The third kappa shape index (κ3) is 3.74. The van der Waals surface area contributed by atoms with Gasteiger partial charge in [-0.15, -0.1) is 0 Å². The van der Waals surface area contributed by atoms with Gasteiger partial charge >= 0.3 is 0 Å². The van der Waals surface area contributed by atoms with E-state index < -0.39 is 0 Å². The van der Waals surface area contributed by atoms with Crippen LogP contribution in [0.3, 0.4) is 0 Å². The average molecular weight is 415 g/mol. The van der Waals surface area contributed by atoms with E-state index in [2.05, 4.69) is 47.6 Å². The summed E-state index contributed by atoms with van der Waals surface area (Å²) in [5.41, 5.74) is 2.59. The molecule has 0 amide bonds. The molecule has 0 bridgehead atoms. The normalized spacial score (nSPS) is 45.3. The number of fused-ring (bicyclic) bond motifs is 5. The van der Waals surface area contributed by atoms with E-state index in [-0.39, 0.29) is 6.10 Å². The number of rotatable bonds is 6. The van der Waals surface area contributed by atoms with Crippen LogP contribution in [0.4, 0.5) is 0 Å². The van der Waals surface area contributed by atoms with E-state index in [0.717, 1.165) is 54.3 Å². The maximum Gasteiger partial charge on any atom is 0.0577 e. The Hall–Kier alpha value is -0.300. The Morgan fingerprint density at radius 3 is 2.47 bits per heavy atom. The highest BCUT2D eigenvalue weighted by molar-refractivity contribution is 5.25. The molecule has 3 saturated carbocycles. The lowest BCUT2D eigenvalue weighted by atomic mass is 9.47. The Morgan fingerprint density at radius 1 is 1.00 bits per heavy atom. The predicted octanol–water partition coefficient (Wildman–Crippen LogP) is 8.02. The first kappa shape index (κ1) is 22.9. The maximum absolute atomic E-state index is 10.2. The van der Waals surface area contributed by atoms with Crippen molar-refractivity contribution in [1.29, 1.82) is 0 Å². The SMILES string of the molecule is CC[C@@H](CC[C@H](C)[C@@H]1CC[C@@H]2[C@H]3CC=C4C[C@@H](O)CC[C@]4(C)[C@@H]3CC[C@@]21C)C(C)C. The first-order chi connectivity index (χ1) is 14.2. The van der Waals surface area contributed by atoms with E-state index in [1.807, 2.05) is 0 Å². The molecule has 1 heteroatoms. The molecule has 4 rings (SSSR count). The molecule has 0 unspecified atom stereocenters. The lowest BCUT2D eigenvalue weighted by Crippen LogP contribution is -2.50.